The number of ether oxygens (including phenoxy) is 1. The van der Waals surface area contributed by atoms with Gasteiger partial charge in [0.2, 0.25) is 0 Å². The largest absolute Gasteiger partial charge is 0.427 e. The summed E-state index contributed by atoms with van der Waals surface area (Å²) in [7, 11) is 0. The summed E-state index contributed by atoms with van der Waals surface area (Å²) in [4.78, 5) is 34.4. The predicted octanol–water partition coefficient (Wildman–Crippen LogP) is 3.76. The number of carbonyl (C=O) groups is 2. The van der Waals surface area contributed by atoms with E-state index in [0.717, 1.165) is 18.4 Å². The van der Waals surface area contributed by atoms with E-state index in [1.54, 1.807) is 12.1 Å². The van der Waals surface area contributed by atoms with Crippen LogP contribution in [0.15, 0.2) is 35.2 Å². The van der Waals surface area contributed by atoms with E-state index in [0.29, 0.717) is 30.9 Å². The van der Waals surface area contributed by atoms with Gasteiger partial charge >= 0.3 is 5.97 Å². The second kappa shape index (κ2) is 5.60. The van der Waals surface area contributed by atoms with Gasteiger partial charge in [0.25, 0.3) is 0 Å². The van der Waals surface area contributed by atoms with Gasteiger partial charge in [-0.1, -0.05) is 6.07 Å². The van der Waals surface area contributed by atoms with Crippen LogP contribution in [0.25, 0.3) is 0 Å². The molecule has 0 radical (unpaired) electrons. The Kier molecular flexibility index (Phi) is 3.64. The number of ketones is 1. The Morgan fingerprint density at radius 1 is 1.24 bits per heavy atom. The summed E-state index contributed by atoms with van der Waals surface area (Å²) in [6.45, 7) is 0. The number of nitrogens with zero attached hydrogens (tertiary/aromatic N) is 1. The first kappa shape index (κ1) is 13.7. The van der Waals surface area contributed by atoms with Crippen LogP contribution in [-0.2, 0) is 9.53 Å². The van der Waals surface area contributed by atoms with Crippen LogP contribution in [0.4, 0.5) is 5.69 Å². The molecule has 0 N–H and O–H groups in total. The number of allylic oxidation sites excluding steroid dienone is 2. The molecule has 0 aromatic heterocycles. The van der Waals surface area contributed by atoms with E-state index in [9.17, 15) is 14.5 Å². The molecule has 5 nitrogen and oxygen atoms in total. The van der Waals surface area contributed by atoms with Crippen molar-refractivity contribution in [3.05, 3.63) is 46.1 Å². The third-order valence-electron chi connectivity index (χ3n) is 3.78. The third-order valence-corrected chi connectivity index (χ3v) is 3.78. The van der Waals surface area contributed by atoms with Crippen LogP contribution in [0.3, 0.4) is 0 Å². The highest BCUT2D eigenvalue weighted by molar-refractivity contribution is 5.96. The van der Waals surface area contributed by atoms with Crippen LogP contribution in [0.1, 0.15) is 53.9 Å². The van der Waals surface area contributed by atoms with E-state index in [1.165, 1.54) is 6.08 Å². The molecule has 2 aliphatic rings. The Labute approximate surface area is 122 Å². The fourth-order valence-corrected chi connectivity index (χ4v) is 2.48. The van der Waals surface area contributed by atoms with Crippen molar-refractivity contribution in [2.24, 2.45) is 5.18 Å². The zero-order valence-electron chi connectivity index (χ0n) is 11.5. The van der Waals surface area contributed by atoms with Gasteiger partial charge in [0.1, 0.15) is 11.4 Å². The Morgan fingerprint density at radius 3 is 2.71 bits per heavy atom. The van der Waals surface area contributed by atoms with Gasteiger partial charge in [0.15, 0.2) is 5.78 Å². The lowest BCUT2D eigenvalue weighted by Crippen LogP contribution is -2.10. The molecule has 0 bridgehead atoms. The number of nitroso groups, excluding NO2 is 1. The van der Waals surface area contributed by atoms with E-state index in [1.807, 2.05) is 6.07 Å². The van der Waals surface area contributed by atoms with E-state index in [2.05, 4.69) is 5.18 Å². The smallest absolute Gasteiger partial charge is 0.345 e. The highest BCUT2D eigenvalue weighted by Crippen LogP contribution is 2.41. The van der Waals surface area contributed by atoms with E-state index in [-0.39, 0.29) is 17.0 Å². The molecule has 1 aromatic carbocycles. The van der Waals surface area contributed by atoms with Gasteiger partial charge in [0, 0.05) is 18.9 Å². The highest BCUT2D eigenvalue weighted by atomic mass is 16.5. The summed E-state index contributed by atoms with van der Waals surface area (Å²) in [5.41, 5.74) is 1.29. The number of rotatable bonds is 4. The molecule has 0 saturated heterocycles. The quantitative estimate of drug-likeness (QED) is 0.623. The van der Waals surface area contributed by atoms with Gasteiger partial charge in [-0.3, -0.25) is 4.79 Å². The number of esters is 1. The minimum atomic E-state index is -0.632. The zero-order valence-corrected chi connectivity index (χ0v) is 11.5. The normalized spacial score (nSPS) is 18.1. The maximum atomic E-state index is 12.1. The average molecular weight is 285 g/mol. The maximum absolute atomic E-state index is 12.1. The molecule has 108 valence electrons. The van der Waals surface area contributed by atoms with Crippen LogP contribution in [0.2, 0.25) is 0 Å². The SMILES string of the molecule is O=Nc1cc(C2CC2)ccc1C(=O)OC1=CC(=O)CCC1. The zero-order chi connectivity index (χ0) is 14.8. The van der Waals surface area contributed by atoms with Crippen LogP contribution in [0, 0.1) is 4.91 Å². The van der Waals surface area contributed by atoms with Crippen LogP contribution >= 0.6 is 0 Å². The molecule has 0 amide bonds. The van der Waals surface area contributed by atoms with Gasteiger partial charge in [-0.25, -0.2) is 4.79 Å². The Bertz CT molecular complexity index is 644. The Hall–Kier alpha value is -2.30. The maximum Gasteiger partial charge on any atom is 0.345 e. The van der Waals surface area contributed by atoms with Crippen molar-refractivity contribution in [3.63, 3.8) is 0 Å². The molecule has 0 atom stereocenters. The van der Waals surface area contributed by atoms with Crippen molar-refractivity contribution in [3.8, 4) is 0 Å². The lowest BCUT2D eigenvalue weighted by molar-refractivity contribution is -0.115. The van der Waals surface area contributed by atoms with Crippen LogP contribution in [0.5, 0.6) is 0 Å². The number of hydrogen-bond donors (Lipinski definition) is 0. The molecule has 0 heterocycles. The number of benzene rings is 1. The molecule has 21 heavy (non-hydrogen) atoms. The average Bonchev–Trinajstić information content (AvgIpc) is 3.31. The van der Waals surface area contributed by atoms with Gasteiger partial charge in [0.05, 0.1) is 5.56 Å². The first-order chi connectivity index (χ1) is 10.2. The van der Waals surface area contributed by atoms with E-state index in [4.69, 9.17) is 4.74 Å². The summed E-state index contributed by atoms with van der Waals surface area (Å²) in [5, 5.41) is 2.93. The lowest BCUT2D eigenvalue weighted by Gasteiger charge is -2.13. The fourth-order valence-electron chi connectivity index (χ4n) is 2.48. The highest BCUT2D eigenvalue weighted by Gasteiger charge is 2.26. The summed E-state index contributed by atoms with van der Waals surface area (Å²) in [6, 6.07) is 5.07. The van der Waals surface area contributed by atoms with Crippen molar-refractivity contribution in [2.75, 3.05) is 0 Å². The van der Waals surface area contributed by atoms with Crippen molar-refractivity contribution >= 4 is 17.4 Å². The Morgan fingerprint density at radius 2 is 2.05 bits per heavy atom. The molecule has 2 aliphatic carbocycles. The summed E-state index contributed by atoms with van der Waals surface area (Å²) in [5.74, 6) is 0.170. The summed E-state index contributed by atoms with van der Waals surface area (Å²) < 4.78 is 5.21. The monoisotopic (exact) mass is 285 g/mol. The minimum absolute atomic E-state index is 0.0399. The second-order valence-corrected chi connectivity index (χ2v) is 5.46. The molecule has 0 spiro atoms. The van der Waals surface area contributed by atoms with Crippen molar-refractivity contribution in [1.29, 1.82) is 0 Å². The first-order valence-electron chi connectivity index (χ1n) is 7.10. The van der Waals surface area contributed by atoms with E-state index >= 15 is 0 Å². The molecule has 0 unspecified atom stereocenters. The van der Waals surface area contributed by atoms with Gasteiger partial charge in [-0.05, 0) is 48.1 Å². The lowest BCUT2D eigenvalue weighted by atomic mass is 10.0. The standard InChI is InChI=1S/C16H15NO4/c18-12-2-1-3-13(9-12)21-16(19)14-7-6-11(10-4-5-10)8-15(14)17-20/h6-10H,1-5H2. The topological polar surface area (TPSA) is 72.8 Å². The van der Waals surface area contributed by atoms with Crippen molar-refractivity contribution in [1.82, 2.24) is 0 Å². The van der Waals surface area contributed by atoms with Crippen molar-refractivity contribution in [2.45, 2.75) is 38.0 Å². The van der Waals surface area contributed by atoms with Crippen LogP contribution < -0.4 is 0 Å². The molecule has 1 fully saturated rings. The van der Waals surface area contributed by atoms with Gasteiger partial charge in [-0.2, -0.15) is 0 Å². The second-order valence-electron chi connectivity index (χ2n) is 5.46. The molecule has 0 aliphatic heterocycles. The van der Waals surface area contributed by atoms with Crippen LogP contribution in [-0.4, -0.2) is 11.8 Å². The van der Waals surface area contributed by atoms with Gasteiger partial charge in [-0.15, -0.1) is 4.91 Å². The summed E-state index contributed by atoms with van der Waals surface area (Å²) >= 11 is 0. The first-order valence-corrected chi connectivity index (χ1v) is 7.10. The molecule has 1 aromatic rings. The summed E-state index contributed by atoms with van der Waals surface area (Å²) in [6.07, 6.45) is 5.29. The number of hydrogen-bond acceptors (Lipinski definition) is 5. The van der Waals surface area contributed by atoms with E-state index < -0.39 is 5.97 Å². The molecular formula is C16H15NO4. The van der Waals surface area contributed by atoms with Gasteiger partial charge < -0.3 is 4.74 Å². The molecule has 5 heteroatoms. The third kappa shape index (κ3) is 3.07. The fraction of sp³-hybridized carbons (Fsp3) is 0.375. The minimum Gasteiger partial charge on any atom is -0.427 e. The molecule has 3 rings (SSSR count). The molecule has 1 saturated carbocycles. The molecular weight excluding hydrogens is 270 g/mol. The Balaban J connectivity index is 1.80. The predicted molar refractivity (Wildman–Crippen MR) is 76.2 cm³/mol. The number of carbonyl (C=O) groups excluding carboxylic acids is 2. The van der Waals surface area contributed by atoms with Crippen molar-refractivity contribution < 1.29 is 14.3 Å².